The van der Waals surface area contributed by atoms with E-state index in [2.05, 4.69) is 5.16 Å². The Morgan fingerprint density at radius 2 is 1.94 bits per heavy atom. The number of hydrogen-bond donors (Lipinski definition) is 1. The third-order valence-corrected chi connectivity index (χ3v) is 5.14. The number of aromatic nitrogens is 1. The third kappa shape index (κ3) is 3.93. The maximum atomic E-state index is 13.1. The number of anilines is 1. The number of non-ortho nitro benzene ring substituents is 1. The molecule has 33 heavy (non-hydrogen) atoms. The van der Waals surface area contributed by atoms with Crippen LogP contribution < -0.4 is 9.64 Å². The molecule has 0 saturated carbocycles. The first-order valence-electron chi connectivity index (χ1n) is 10.0. The number of nitro benzene ring substituents is 1. The van der Waals surface area contributed by atoms with Crippen LogP contribution in [0.3, 0.4) is 0 Å². The van der Waals surface area contributed by atoms with E-state index in [9.17, 15) is 24.8 Å². The summed E-state index contributed by atoms with van der Waals surface area (Å²) in [5.74, 6) is -1.28. The van der Waals surface area contributed by atoms with Gasteiger partial charge < -0.3 is 14.4 Å². The van der Waals surface area contributed by atoms with Gasteiger partial charge in [-0.2, -0.15) is 0 Å². The van der Waals surface area contributed by atoms with Gasteiger partial charge in [-0.1, -0.05) is 17.3 Å². The summed E-state index contributed by atoms with van der Waals surface area (Å²) in [5, 5.41) is 26.2. The van der Waals surface area contributed by atoms with Gasteiger partial charge in [0.2, 0.25) is 0 Å². The standard InChI is InChI=1S/C23H19N3O7/c1-3-32-17-9-7-14(8-10-17)21(27)19-20(15-5-4-6-16(12-15)26(30)31)25(23(29)22(19)28)18-11-13(2)33-24-18/h4-12,20,27H,3H2,1-2H3/b21-19-. The van der Waals surface area contributed by atoms with Gasteiger partial charge >= 0.3 is 5.91 Å². The van der Waals surface area contributed by atoms with Crippen LogP contribution in [0.15, 0.2) is 64.7 Å². The lowest BCUT2D eigenvalue weighted by Gasteiger charge is -2.22. The van der Waals surface area contributed by atoms with Crippen LogP contribution in [0.4, 0.5) is 11.5 Å². The predicted molar refractivity (Wildman–Crippen MR) is 117 cm³/mol. The SMILES string of the molecule is CCOc1ccc(/C(O)=C2/C(=O)C(=O)N(c3cc(C)on3)C2c2cccc([N+](=O)[O-])c2)cc1. The summed E-state index contributed by atoms with van der Waals surface area (Å²) < 4.78 is 10.5. The third-order valence-electron chi connectivity index (χ3n) is 5.14. The van der Waals surface area contributed by atoms with E-state index in [-0.39, 0.29) is 28.2 Å². The van der Waals surface area contributed by atoms with Crippen molar-refractivity contribution in [2.24, 2.45) is 0 Å². The van der Waals surface area contributed by atoms with Gasteiger partial charge in [0, 0.05) is 23.8 Å². The zero-order valence-electron chi connectivity index (χ0n) is 17.7. The number of ether oxygens (including phenoxy) is 1. The lowest BCUT2D eigenvalue weighted by atomic mass is 9.95. The van der Waals surface area contributed by atoms with E-state index >= 15 is 0 Å². The molecule has 2 aromatic carbocycles. The van der Waals surface area contributed by atoms with E-state index in [0.717, 1.165) is 4.90 Å². The van der Waals surface area contributed by atoms with Gasteiger partial charge in [0.15, 0.2) is 5.82 Å². The number of rotatable bonds is 6. The van der Waals surface area contributed by atoms with E-state index in [1.54, 1.807) is 31.2 Å². The first kappa shape index (κ1) is 21.8. The molecule has 1 unspecified atom stereocenters. The van der Waals surface area contributed by atoms with Crippen molar-refractivity contribution in [2.75, 3.05) is 11.5 Å². The highest BCUT2D eigenvalue weighted by Crippen LogP contribution is 2.42. The molecule has 1 saturated heterocycles. The van der Waals surface area contributed by atoms with Crippen LogP contribution in [0, 0.1) is 17.0 Å². The monoisotopic (exact) mass is 449 g/mol. The Hall–Kier alpha value is -4.47. The number of amides is 1. The van der Waals surface area contributed by atoms with Crippen molar-refractivity contribution in [1.29, 1.82) is 0 Å². The van der Waals surface area contributed by atoms with E-state index in [4.69, 9.17) is 9.26 Å². The predicted octanol–water partition coefficient (Wildman–Crippen LogP) is 3.92. The van der Waals surface area contributed by atoms with E-state index in [1.807, 2.05) is 6.92 Å². The fraction of sp³-hybridized carbons (Fsp3) is 0.174. The molecular formula is C23H19N3O7. The molecule has 0 radical (unpaired) electrons. The topological polar surface area (TPSA) is 136 Å². The lowest BCUT2D eigenvalue weighted by molar-refractivity contribution is -0.384. The van der Waals surface area contributed by atoms with E-state index in [0.29, 0.717) is 18.1 Å². The maximum Gasteiger partial charge on any atom is 0.301 e. The number of aliphatic hydroxyl groups is 1. The van der Waals surface area contributed by atoms with Crippen LogP contribution in [0.5, 0.6) is 5.75 Å². The summed E-state index contributed by atoms with van der Waals surface area (Å²) in [5.41, 5.74) is 0.0977. The normalized spacial score (nSPS) is 17.4. The van der Waals surface area contributed by atoms with Gasteiger partial charge in [-0.25, -0.2) is 0 Å². The molecule has 1 N–H and O–H groups in total. The molecule has 4 rings (SSSR count). The van der Waals surface area contributed by atoms with Crippen molar-refractivity contribution in [1.82, 2.24) is 5.16 Å². The highest BCUT2D eigenvalue weighted by molar-refractivity contribution is 6.51. The molecule has 1 atom stereocenters. The van der Waals surface area contributed by atoms with E-state index < -0.39 is 28.4 Å². The number of hydrogen-bond acceptors (Lipinski definition) is 8. The Labute approximate surface area is 187 Å². The summed E-state index contributed by atoms with van der Waals surface area (Å²) in [7, 11) is 0. The molecule has 1 amide bonds. The van der Waals surface area contributed by atoms with Gasteiger partial charge in [0.25, 0.3) is 11.5 Å². The van der Waals surface area contributed by atoms with Crippen LogP contribution in [-0.4, -0.2) is 33.5 Å². The Morgan fingerprint density at radius 3 is 2.55 bits per heavy atom. The number of carbonyl (C=O) groups excluding carboxylic acids is 2. The van der Waals surface area contributed by atoms with Crippen molar-refractivity contribution in [2.45, 2.75) is 19.9 Å². The number of nitrogens with zero attached hydrogens (tertiary/aromatic N) is 3. The molecule has 3 aromatic rings. The molecule has 0 bridgehead atoms. The molecule has 168 valence electrons. The summed E-state index contributed by atoms with van der Waals surface area (Å²) in [6.07, 6.45) is 0. The van der Waals surface area contributed by atoms with Gasteiger partial charge in [-0.05, 0) is 43.7 Å². The minimum Gasteiger partial charge on any atom is -0.507 e. The van der Waals surface area contributed by atoms with Crippen LogP contribution in [0.25, 0.3) is 5.76 Å². The number of Topliss-reactive ketones (excluding diaryl/α,β-unsaturated/α-hetero) is 1. The van der Waals surface area contributed by atoms with Crippen molar-refractivity contribution in [3.8, 4) is 5.75 Å². The van der Waals surface area contributed by atoms with Gasteiger partial charge in [0.05, 0.1) is 23.1 Å². The Bertz CT molecular complexity index is 1280. The molecule has 0 spiro atoms. The number of nitro groups is 1. The number of aliphatic hydroxyl groups excluding tert-OH is 1. The average Bonchev–Trinajstić information content (AvgIpc) is 3.34. The highest BCUT2D eigenvalue weighted by atomic mass is 16.6. The summed E-state index contributed by atoms with van der Waals surface area (Å²) in [6.45, 7) is 3.91. The fourth-order valence-corrected chi connectivity index (χ4v) is 3.69. The molecular weight excluding hydrogens is 430 g/mol. The molecule has 10 heteroatoms. The number of carbonyl (C=O) groups is 2. The Balaban J connectivity index is 1.91. The smallest absolute Gasteiger partial charge is 0.301 e. The minimum absolute atomic E-state index is 0.0526. The summed E-state index contributed by atoms with van der Waals surface area (Å²) >= 11 is 0. The summed E-state index contributed by atoms with van der Waals surface area (Å²) in [6, 6.07) is 12.2. The molecule has 1 aliphatic rings. The molecule has 1 aliphatic heterocycles. The van der Waals surface area contributed by atoms with Crippen LogP contribution in [0.1, 0.15) is 29.9 Å². The average molecular weight is 449 g/mol. The van der Waals surface area contributed by atoms with Crippen LogP contribution in [0.2, 0.25) is 0 Å². The molecule has 0 aliphatic carbocycles. The minimum atomic E-state index is -1.15. The van der Waals surface area contributed by atoms with Crippen molar-refractivity contribution in [3.63, 3.8) is 0 Å². The van der Waals surface area contributed by atoms with Crippen molar-refractivity contribution in [3.05, 3.63) is 87.2 Å². The molecule has 10 nitrogen and oxygen atoms in total. The van der Waals surface area contributed by atoms with Gasteiger partial charge in [-0.15, -0.1) is 0 Å². The molecule has 2 heterocycles. The number of aryl methyl sites for hydroxylation is 1. The largest absolute Gasteiger partial charge is 0.507 e. The van der Waals surface area contributed by atoms with Crippen molar-refractivity contribution < 1.29 is 28.9 Å². The molecule has 1 fully saturated rings. The van der Waals surface area contributed by atoms with Gasteiger partial charge in [0.1, 0.15) is 17.3 Å². The zero-order chi connectivity index (χ0) is 23.7. The van der Waals surface area contributed by atoms with E-state index in [1.165, 1.54) is 30.3 Å². The van der Waals surface area contributed by atoms with Crippen LogP contribution >= 0.6 is 0 Å². The van der Waals surface area contributed by atoms with Crippen molar-refractivity contribution >= 4 is 29.0 Å². The Kier molecular flexibility index (Phi) is 5.65. The Morgan fingerprint density at radius 1 is 1.21 bits per heavy atom. The van der Waals surface area contributed by atoms with Gasteiger partial charge in [-0.3, -0.25) is 24.6 Å². The maximum absolute atomic E-state index is 13.1. The summed E-state index contributed by atoms with van der Waals surface area (Å²) in [4.78, 5) is 37.9. The first-order chi connectivity index (χ1) is 15.8. The van der Waals surface area contributed by atoms with Crippen LogP contribution in [-0.2, 0) is 9.59 Å². The highest BCUT2D eigenvalue weighted by Gasteiger charge is 2.48. The second kappa shape index (κ2) is 8.58. The fourth-order valence-electron chi connectivity index (χ4n) is 3.69. The zero-order valence-corrected chi connectivity index (χ0v) is 17.7. The number of benzene rings is 2. The second-order valence-electron chi connectivity index (χ2n) is 7.27. The molecule has 1 aromatic heterocycles. The number of ketones is 1. The first-order valence-corrected chi connectivity index (χ1v) is 10.0. The quantitative estimate of drug-likeness (QED) is 0.197. The lowest BCUT2D eigenvalue weighted by Crippen LogP contribution is -2.29. The second-order valence-corrected chi connectivity index (χ2v) is 7.27.